The van der Waals surface area contributed by atoms with Crippen LogP contribution >= 0.6 is 0 Å². The second-order valence-corrected chi connectivity index (χ2v) is 3.83. The quantitative estimate of drug-likeness (QED) is 0.651. The van der Waals surface area contributed by atoms with E-state index in [9.17, 15) is 4.79 Å². The van der Waals surface area contributed by atoms with Crippen molar-refractivity contribution < 1.29 is 14.3 Å². The van der Waals surface area contributed by atoms with Crippen molar-refractivity contribution in [3.8, 4) is 0 Å². The maximum Gasteiger partial charge on any atom is 0.309 e. The molecule has 0 rings (SSSR count). The third-order valence-electron chi connectivity index (χ3n) is 2.68. The standard InChI is InChI=1S/C11H23NO3/c1-6-10(7-14-4)12-9(3)8(2)11(13)15-5/h8-10,12H,6-7H2,1-5H3. The van der Waals surface area contributed by atoms with Gasteiger partial charge in [-0.3, -0.25) is 4.79 Å². The van der Waals surface area contributed by atoms with Crippen molar-refractivity contribution in [2.24, 2.45) is 5.92 Å². The summed E-state index contributed by atoms with van der Waals surface area (Å²) in [4.78, 5) is 11.3. The minimum Gasteiger partial charge on any atom is -0.469 e. The van der Waals surface area contributed by atoms with Crippen LogP contribution in [0.1, 0.15) is 27.2 Å². The van der Waals surface area contributed by atoms with Gasteiger partial charge >= 0.3 is 5.97 Å². The van der Waals surface area contributed by atoms with E-state index < -0.39 is 0 Å². The molecule has 3 atom stereocenters. The summed E-state index contributed by atoms with van der Waals surface area (Å²) in [6.07, 6.45) is 0.978. The molecule has 0 saturated carbocycles. The third-order valence-corrected chi connectivity index (χ3v) is 2.68. The van der Waals surface area contributed by atoms with E-state index in [1.54, 1.807) is 7.11 Å². The zero-order chi connectivity index (χ0) is 11.8. The number of methoxy groups -OCH3 is 2. The molecule has 0 fully saturated rings. The normalized spacial score (nSPS) is 16.9. The molecule has 4 heteroatoms. The fourth-order valence-electron chi connectivity index (χ4n) is 1.39. The molecule has 3 unspecified atom stereocenters. The Bertz CT molecular complexity index is 185. The number of esters is 1. The van der Waals surface area contributed by atoms with Crippen LogP contribution in [0.2, 0.25) is 0 Å². The van der Waals surface area contributed by atoms with Crippen LogP contribution in [0.25, 0.3) is 0 Å². The maximum absolute atomic E-state index is 11.3. The van der Waals surface area contributed by atoms with Gasteiger partial charge in [-0.1, -0.05) is 13.8 Å². The molecule has 4 nitrogen and oxygen atoms in total. The molecule has 0 aliphatic heterocycles. The molecule has 0 radical (unpaired) electrons. The van der Waals surface area contributed by atoms with Crippen molar-refractivity contribution in [2.75, 3.05) is 20.8 Å². The molecule has 0 amide bonds. The first kappa shape index (κ1) is 14.4. The van der Waals surface area contributed by atoms with E-state index in [0.29, 0.717) is 6.61 Å². The van der Waals surface area contributed by atoms with Crippen molar-refractivity contribution in [3.05, 3.63) is 0 Å². The van der Waals surface area contributed by atoms with E-state index in [0.717, 1.165) is 6.42 Å². The monoisotopic (exact) mass is 217 g/mol. The molecule has 0 aromatic rings. The molecule has 15 heavy (non-hydrogen) atoms. The number of nitrogens with one attached hydrogen (secondary N) is 1. The lowest BCUT2D eigenvalue weighted by Crippen LogP contribution is -2.44. The van der Waals surface area contributed by atoms with Gasteiger partial charge in [-0.05, 0) is 13.3 Å². The highest BCUT2D eigenvalue weighted by molar-refractivity contribution is 5.72. The second kappa shape index (κ2) is 7.65. The van der Waals surface area contributed by atoms with Crippen LogP contribution in [0.4, 0.5) is 0 Å². The van der Waals surface area contributed by atoms with Gasteiger partial charge in [0.2, 0.25) is 0 Å². The molecular formula is C11H23NO3. The topological polar surface area (TPSA) is 47.6 Å². The molecule has 90 valence electrons. The Morgan fingerprint density at radius 2 is 1.93 bits per heavy atom. The molecule has 0 spiro atoms. The molecule has 0 aliphatic rings. The lowest BCUT2D eigenvalue weighted by molar-refractivity contribution is -0.145. The first-order valence-corrected chi connectivity index (χ1v) is 5.39. The van der Waals surface area contributed by atoms with Gasteiger partial charge < -0.3 is 14.8 Å². The zero-order valence-corrected chi connectivity index (χ0v) is 10.4. The minimum absolute atomic E-state index is 0.0950. The summed E-state index contributed by atoms with van der Waals surface area (Å²) in [5.74, 6) is -0.317. The predicted molar refractivity (Wildman–Crippen MR) is 59.7 cm³/mol. The van der Waals surface area contributed by atoms with E-state index in [4.69, 9.17) is 9.47 Å². The fourth-order valence-corrected chi connectivity index (χ4v) is 1.39. The number of hydrogen-bond acceptors (Lipinski definition) is 4. The van der Waals surface area contributed by atoms with E-state index in [-0.39, 0.29) is 24.0 Å². The number of hydrogen-bond donors (Lipinski definition) is 1. The van der Waals surface area contributed by atoms with Gasteiger partial charge in [0.05, 0.1) is 19.6 Å². The van der Waals surface area contributed by atoms with Gasteiger partial charge in [0.15, 0.2) is 0 Å². The van der Waals surface area contributed by atoms with Crippen molar-refractivity contribution in [3.63, 3.8) is 0 Å². The Balaban J connectivity index is 4.08. The van der Waals surface area contributed by atoms with Crippen molar-refractivity contribution in [1.82, 2.24) is 5.32 Å². The van der Waals surface area contributed by atoms with Crippen LogP contribution in [0.15, 0.2) is 0 Å². The fraction of sp³-hybridized carbons (Fsp3) is 0.909. The Hall–Kier alpha value is -0.610. The molecule has 0 bridgehead atoms. The van der Waals surface area contributed by atoms with Crippen LogP contribution in [0, 0.1) is 5.92 Å². The summed E-state index contributed by atoms with van der Waals surface area (Å²) in [5.41, 5.74) is 0. The van der Waals surface area contributed by atoms with E-state index in [1.165, 1.54) is 7.11 Å². The third kappa shape index (κ3) is 5.14. The van der Waals surface area contributed by atoms with Crippen LogP contribution in [-0.2, 0) is 14.3 Å². The number of rotatable bonds is 7. The molecular weight excluding hydrogens is 194 g/mol. The Morgan fingerprint density at radius 3 is 2.33 bits per heavy atom. The Morgan fingerprint density at radius 1 is 1.33 bits per heavy atom. The number of ether oxygens (including phenoxy) is 2. The SMILES string of the molecule is CCC(COC)NC(C)C(C)C(=O)OC. The Kier molecular flexibility index (Phi) is 7.34. The molecule has 0 heterocycles. The van der Waals surface area contributed by atoms with Gasteiger partial charge in [-0.15, -0.1) is 0 Å². The molecule has 0 aromatic heterocycles. The van der Waals surface area contributed by atoms with E-state index in [2.05, 4.69) is 12.2 Å². The Labute approximate surface area is 92.3 Å². The van der Waals surface area contributed by atoms with Crippen molar-refractivity contribution >= 4 is 5.97 Å². The van der Waals surface area contributed by atoms with Crippen LogP contribution in [0.3, 0.4) is 0 Å². The maximum atomic E-state index is 11.3. The van der Waals surface area contributed by atoms with Crippen molar-refractivity contribution in [2.45, 2.75) is 39.3 Å². The molecule has 0 saturated heterocycles. The summed E-state index contributed by atoms with van der Waals surface area (Å²) in [6, 6.07) is 0.384. The lowest BCUT2D eigenvalue weighted by atomic mass is 10.0. The van der Waals surface area contributed by atoms with E-state index >= 15 is 0 Å². The van der Waals surface area contributed by atoms with Crippen LogP contribution < -0.4 is 5.32 Å². The predicted octanol–water partition coefficient (Wildman–Crippen LogP) is 1.20. The van der Waals surface area contributed by atoms with Gasteiger partial charge in [0.1, 0.15) is 0 Å². The number of carbonyl (C=O) groups is 1. The highest BCUT2D eigenvalue weighted by Crippen LogP contribution is 2.06. The van der Waals surface area contributed by atoms with Gasteiger partial charge in [-0.25, -0.2) is 0 Å². The summed E-state index contributed by atoms with van der Waals surface area (Å²) in [7, 11) is 3.09. The molecule has 1 N–H and O–H groups in total. The molecule has 0 aromatic carbocycles. The number of carbonyl (C=O) groups excluding carboxylic acids is 1. The van der Waals surface area contributed by atoms with Crippen molar-refractivity contribution in [1.29, 1.82) is 0 Å². The molecule has 0 aliphatic carbocycles. The highest BCUT2D eigenvalue weighted by atomic mass is 16.5. The average Bonchev–Trinajstić information content (AvgIpc) is 2.26. The summed E-state index contributed by atoms with van der Waals surface area (Å²) >= 11 is 0. The second-order valence-electron chi connectivity index (χ2n) is 3.83. The summed E-state index contributed by atoms with van der Waals surface area (Å²) in [5, 5.41) is 3.36. The van der Waals surface area contributed by atoms with E-state index in [1.807, 2.05) is 13.8 Å². The van der Waals surface area contributed by atoms with Gasteiger partial charge in [0, 0.05) is 19.2 Å². The average molecular weight is 217 g/mol. The van der Waals surface area contributed by atoms with Crippen LogP contribution in [-0.4, -0.2) is 38.9 Å². The smallest absolute Gasteiger partial charge is 0.309 e. The van der Waals surface area contributed by atoms with Crippen LogP contribution in [0.5, 0.6) is 0 Å². The van der Waals surface area contributed by atoms with Gasteiger partial charge in [0.25, 0.3) is 0 Å². The summed E-state index contributed by atoms with van der Waals surface area (Å²) < 4.78 is 9.78. The van der Waals surface area contributed by atoms with Gasteiger partial charge in [-0.2, -0.15) is 0 Å². The summed E-state index contributed by atoms with van der Waals surface area (Å²) in [6.45, 7) is 6.60. The lowest BCUT2D eigenvalue weighted by Gasteiger charge is -2.24. The zero-order valence-electron chi connectivity index (χ0n) is 10.4. The minimum atomic E-state index is -0.178. The first-order valence-electron chi connectivity index (χ1n) is 5.39. The first-order chi connectivity index (χ1) is 7.06. The largest absolute Gasteiger partial charge is 0.469 e. The highest BCUT2D eigenvalue weighted by Gasteiger charge is 2.22.